The predicted molar refractivity (Wildman–Crippen MR) is 105 cm³/mol. The molecular weight excluding hydrogens is 346 g/mol. The molecule has 0 unspecified atom stereocenters. The molecule has 1 amide bonds. The second kappa shape index (κ2) is 10.5. The molecule has 27 heavy (non-hydrogen) atoms. The Balaban J connectivity index is 2.14. The average molecular weight is 380 g/mol. The van der Waals surface area contributed by atoms with Crippen LogP contribution in [-0.4, -0.2) is 70.0 Å². The maximum absolute atomic E-state index is 13.2. The number of carbonyl (C=O) groups excluding carboxylic acids is 1. The van der Waals surface area contributed by atoms with E-state index in [-0.39, 0.29) is 23.9 Å². The van der Waals surface area contributed by atoms with Gasteiger partial charge in [-0.25, -0.2) is 0 Å². The molecule has 0 bridgehead atoms. The van der Waals surface area contributed by atoms with Crippen molar-refractivity contribution in [2.75, 3.05) is 47.1 Å². The van der Waals surface area contributed by atoms with Crippen LogP contribution in [0.15, 0.2) is 18.2 Å². The Hall–Kier alpha value is -1.83. The van der Waals surface area contributed by atoms with Gasteiger partial charge < -0.3 is 30.2 Å². The molecule has 2 rings (SSSR count). The van der Waals surface area contributed by atoms with E-state index in [4.69, 9.17) is 19.9 Å². The molecule has 1 aromatic rings. The highest BCUT2D eigenvalue weighted by molar-refractivity contribution is 5.95. The Morgan fingerprint density at radius 2 is 2.04 bits per heavy atom. The number of rotatable bonds is 10. The number of benzene rings is 1. The number of methoxy groups -OCH3 is 2. The van der Waals surface area contributed by atoms with Crippen LogP contribution in [0.4, 0.5) is 0 Å². The number of hydrogen-bond donors (Lipinski definition) is 2. The van der Waals surface area contributed by atoms with Gasteiger partial charge in [-0.1, -0.05) is 0 Å². The summed E-state index contributed by atoms with van der Waals surface area (Å²) < 4.78 is 16.2. The van der Waals surface area contributed by atoms with E-state index >= 15 is 0 Å². The first-order valence-corrected chi connectivity index (χ1v) is 9.55. The molecule has 0 saturated carbocycles. The molecule has 1 saturated heterocycles. The number of nitrogens with one attached hydrogen (secondary N) is 1. The molecule has 0 radical (unpaired) electrons. The zero-order chi connectivity index (χ0) is 19.8. The summed E-state index contributed by atoms with van der Waals surface area (Å²) in [5.74, 6) is 1.43. The van der Waals surface area contributed by atoms with Crippen LogP contribution in [0.1, 0.15) is 30.6 Å². The van der Waals surface area contributed by atoms with Crippen LogP contribution in [0, 0.1) is 5.92 Å². The van der Waals surface area contributed by atoms with Crippen molar-refractivity contribution >= 4 is 5.91 Å². The summed E-state index contributed by atoms with van der Waals surface area (Å²) >= 11 is 0. The van der Waals surface area contributed by atoms with Gasteiger partial charge in [-0.3, -0.25) is 4.79 Å². The largest absolute Gasteiger partial charge is 0.493 e. The number of ether oxygens (including phenoxy) is 3. The van der Waals surface area contributed by atoms with Crippen molar-refractivity contribution in [2.24, 2.45) is 11.7 Å². The van der Waals surface area contributed by atoms with Gasteiger partial charge in [0.1, 0.15) is 0 Å². The molecule has 1 fully saturated rings. The second-order valence-electron chi connectivity index (χ2n) is 7.19. The number of nitrogens with two attached hydrogens (primary N) is 1. The molecular formula is C20H33N3O4. The molecule has 1 aliphatic heterocycles. The number of nitrogens with zero attached hydrogens (tertiary/aromatic N) is 1. The van der Waals surface area contributed by atoms with E-state index in [2.05, 4.69) is 5.32 Å². The lowest BCUT2D eigenvalue weighted by molar-refractivity contribution is 0.0672. The van der Waals surface area contributed by atoms with Crippen LogP contribution in [0.3, 0.4) is 0 Å². The first-order chi connectivity index (χ1) is 13.0. The van der Waals surface area contributed by atoms with Crippen molar-refractivity contribution in [1.82, 2.24) is 10.2 Å². The van der Waals surface area contributed by atoms with Crippen molar-refractivity contribution in [3.8, 4) is 11.5 Å². The standard InChI is InChI=1S/C20H33N3O4/c1-14(2)23(13-16-11-22-12-17(16)21)20(24)15-6-7-18(26-4)19(10-15)27-9-5-8-25-3/h6-7,10,14,16-17,22H,5,8-9,11-13,21H2,1-4H3/t16-,17+/m0/s1. The van der Waals surface area contributed by atoms with Crippen molar-refractivity contribution in [1.29, 1.82) is 0 Å². The van der Waals surface area contributed by atoms with Gasteiger partial charge >= 0.3 is 0 Å². The summed E-state index contributed by atoms with van der Waals surface area (Å²) in [5.41, 5.74) is 6.75. The van der Waals surface area contributed by atoms with Crippen LogP contribution in [-0.2, 0) is 4.74 Å². The highest BCUT2D eigenvalue weighted by Gasteiger charge is 2.29. The Morgan fingerprint density at radius 3 is 2.63 bits per heavy atom. The molecule has 7 nitrogen and oxygen atoms in total. The van der Waals surface area contributed by atoms with E-state index in [1.807, 2.05) is 18.7 Å². The van der Waals surface area contributed by atoms with Gasteiger partial charge in [0.05, 0.1) is 13.7 Å². The van der Waals surface area contributed by atoms with Gasteiger partial charge in [0.2, 0.25) is 0 Å². The highest BCUT2D eigenvalue weighted by Crippen LogP contribution is 2.29. The minimum Gasteiger partial charge on any atom is -0.493 e. The van der Waals surface area contributed by atoms with E-state index in [1.165, 1.54) is 0 Å². The maximum Gasteiger partial charge on any atom is 0.254 e. The van der Waals surface area contributed by atoms with Crippen molar-refractivity contribution in [2.45, 2.75) is 32.4 Å². The Bertz CT molecular complexity index is 609. The van der Waals surface area contributed by atoms with Gasteiger partial charge in [-0.2, -0.15) is 0 Å². The van der Waals surface area contributed by atoms with E-state index in [0.717, 1.165) is 19.5 Å². The van der Waals surface area contributed by atoms with Crippen LogP contribution in [0.25, 0.3) is 0 Å². The average Bonchev–Trinajstić information content (AvgIpc) is 3.07. The van der Waals surface area contributed by atoms with Crippen molar-refractivity contribution < 1.29 is 19.0 Å². The Labute approximate surface area is 162 Å². The smallest absolute Gasteiger partial charge is 0.254 e. The lowest BCUT2D eigenvalue weighted by atomic mass is 10.0. The fraction of sp³-hybridized carbons (Fsp3) is 0.650. The lowest BCUT2D eigenvalue weighted by Crippen LogP contribution is -2.44. The number of hydrogen-bond acceptors (Lipinski definition) is 6. The third-order valence-corrected chi connectivity index (χ3v) is 4.87. The zero-order valence-electron chi connectivity index (χ0n) is 16.9. The van der Waals surface area contributed by atoms with Gasteiger partial charge in [0.15, 0.2) is 11.5 Å². The quantitative estimate of drug-likeness (QED) is 0.600. The third-order valence-electron chi connectivity index (χ3n) is 4.87. The minimum absolute atomic E-state index is 0.0199. The molecule has 1 aromatic carbocycles. The number of carbonyl (C=O) groups is 1. The lowest BCUT2D eigenvalue weighted by Gasteiger charge is -2.31. The van der Waals surface area contributed by atoms with Crippen LogP contribution >= 0.6 is 0 Å². The van der Waals surface area contributed by atoms with E-state index in [1.54, 1.807) is 32.4 Å². The molecule has 1 heterocycles. The normalized spacial score (nSPS) is 19.3. The zero-order valence-corrected chi connectivity index (χ0v) is 16.9. The second-order valence-corrected chi connectivity index (χ2v) is 7.19. The molecule has 0 aromatic heterocycles. The summed E-state index contributed by atoms with van der Waals surface area (Å²) in [6.07, 6.45) is 0.766. The molecule has 0 aliphatic carbocycles. The minimum atomic E-state index is -0.0199. The molecule has 7 heteroatoms. The van der Waals surface area contributed by atoms with Gasteiger partial charge in [0.25, 0.3) is 5.91 Å². The van der Waals surface area contributed by atoms with Crippen molar-refractivity contribution in [3.63, 3.8) is 0 Å². The first kappa shape index (κ1) is 21.5. The fourth-order valence-corrected chi connectivity index (χ4v) is 3.21. The first-order valence-electron chi connectivity index (χ1n) is 9.55. The van der Waals surface area contributed by atoms with Crippen LogP contribution < -0.4 is 20.5 Å². The summed E-state index contributed by atoms with van der Waals surface area (Å²) in [4.78, 5) is 15.0. The predicted octanol–water partition coefficient (Wildman–Crippen LogP) is 1.51. The summed E-state index contributed by atoms with van der Waals surface area (Å²) in [6.45, 7) is 7.45. The van der Waals surface area contributed by atoms with E-state index in [0.29, 0.717) is 36.8 Å². The summed E-state index contributed by atoms with van der Waals surface area (Å²) in [6, 6.07) is 5.48. The van der Waals surface area contributed by atoms with Gasteiger partial charge in [-0.05, 0) is 32.0 Å². The number of amides is 1. The summed E-state index contributed by atoms with van der Waals surface area (Å²) in [7, 11) is 3.25. The monoisotopic (exact) mass is 379 g/mol. The van der Waals surface area contributed by atoms with Crippen molar-refractivity contribution in [3.05, 3.63) is 23.8 Å². The van der Waals surface area contributed by atoms with Gasteiger partial charge in [-0.15, -0.1) is 0 Å². The molecule has 0 spiro atoms. The Kier molecular flexibility index (Phi) is 8.34. The topological polar surface area (TPSA) is 86.1 Å². The molecule has 1 aliphatic rings. The molecule has 152 valence electrons. The highest BCUT2D eigenvalue weighted by atomic mass is 16.5. The SMILES string of the molecule is COCCCOc1cc(C(=O)N(C[C@@H]2CNC[C@H]2N)C(C)C)ccc1OC. The Morgan fingerprint density at radius 1 is 1.26 bits per heavy atom. The maximum atomic E-state index is 13.2. The molecule has 3 N–H and O–H groups in total. The van der Waals surface area contributed by atoms with Gasteiger partial charge in [0, 0.05) is 63.3 Å². The van der Waals surface area contributed by atoms with E-state index in [9.17, 15) is 4.79 Å². The third kappa shape index (κ3) is 5.82. The van der Waals surface area contributed by atoms with E-state index < -0.39 is 0 Å². The molecule has 2 atom stereocenters. The van der Waals surface area contributed by atoms with Crippen LogP contribution in [0.2, 0.25) is 0 Å². The fourth-order valence-electron chi connectivity index (χ4n) is 3.21. The summed E-state index contributed by atoms with van der Waals surface area (Å²) in [5, 5.41) is 3.29. The van der Waals surface area contributed by atoms with Crippen LogP contribution in [0.5, 0.6) is 11.5 Å².